The molecule has 0 saturated carbocycles. The Hall–Kier alpha value is -4.07. The minimum atomic E-state index is -0.702. The quantitative estimate of drug-likeness (QED) is 0.488. The highest BCUT2D eigenvalue weighted by Gasteiger charge is 2.40. The Morgan fingerprint density at radius 2 is 1.67 bits per heavy atom. The molecule has 8 nitrogen and oxygen atoms in total. The average Bonchev–Trinajstić information content (AvgIpc) is 3.23. The monoisotopic (exact) mass is 402 g/mol. The van der Waals surface area contributed by atoms with E-state index in [1.807, 2.05) is 42.5 Å². The minimum Gasteiger partial charge on any atom is -0.496 e. The Labute approximate surface area is 170 Å². The average molecular weight is 402 g/mol. The van der Waals surface area contributed by atoms with Gasteiger partial charge in [-0.1, -0.05) is 30.3 Å². The number of amides is 1. The Bertz CT molecular complexity index is 1430. The van der Waals surface area contributed by atoms with Crippen LogP contribution in [0.1, 0.15) is 17.0 Å². The number of hydrogen-bond acceptors (Lipinski definition) is 4. The molecule has 8 heteroatoms. The number of rotatable bonds is 3. The second kappa shape index (κ2) is 6.48. The van der Waals surface area contributed by atoms with Crippen molar-refractivity contribution in [2.24, 2.45) is 0 Å². The Morgan fingerprint density at radius 3 is 2.47 bits per heavy atom. The van der Waals surface area contributed by atoms with Gasteiger partial charge in [0.25, 0.3) is 5.56 Å². The van der Waals surface area contributed by atoms with E-state index in [1.165, 1.54) is 0 Å². The highest BCUT2D eigenvalue weighted by Crippen LogP contribution is 2.46. The molecule has 0 spiro atoms. The molecule has 2 aromatic heterocycles. The SMILES string of the molecule is COc1ccccc1-c1[nH]c2[nH]c(=O)[nH]c(=O)c2c1[C@H]1C(=O)N(C)c2ccccc21. The van der Waals surface area contributed by atoms with E-state index >= 15 is 0 Å². The number of fused-ring (bicyclic) bond motifs is 2. The first-order valence-electron chi connectivity index (χ1n) is 9.39. The molecule has 0 unspecified atom stereocenters. The van der Waals surface area contributed by atoms with E-state index in [2.05, 4.69) is 15.0 Å². The second-order valence-corrected chi connectivity index (χ2v) is 7.16. The predicted molar refractivity (Wildman–Crippen MR) is 113 cm³/mol. The van der Waals surface area contributed by atoms with Crippen LogP contribution in [0.15, 0.2) is 58.1 Å². The molecule has 0 bridgehead atoms. The van der Waals surface area contributed by atoms with E-state index in [4.69, 9.17) is 4.74 Å². The van der Waals surface area contributed by atoms with Crippen molar-refractivity contribution in [1.82, 2.24) is 15.0 Å². The predicted octanol–water partition coefficient (Wildman–Crippen LogP) is 2.33. The van der Waals surface area contributed by atoms with E-state index in [-0.39, 0.29) is 16.9 Å². The number of carbonyl (C=O) groups excluding carboxylic acids is 1. The van der Waals surface area contributed by atoms with Gasteiger partial charge in [-0.3, -0.25) is 19.6 Å². The molecule has 150 valence electrons. The number of nitrogens with zero attached hydrogens (tertiary/aromatic N) is 1. The fraction of sp³-hybridized carbons (Fsp3) is 0.136. The van der Waals surface area contributed by atoms with Crippen molar-refractivity contribution in [3.8, 4) is 17.0 Å². The molecule has 5 rings (SSSR count). The van der Waals surface area contributed by atoms with Crippen LogP contribution in [-0.4, -0.2) is 35.0 Å². The van der Waals surface area contributed by atoms with E-state index in [0.717, 1.165) is 11.3 Å². The van der Waals surface area contributed by atoms with Gasteiger partial charge in [0.05, 0.1) is 24.1 Å². The first-order chi connectivity index (χ1) is 14.5. The number of methoxy groups -OCH3 is 1. The van der Waals surface area contributed by atoms with Gasteiger partial charge in [0.15, 0.2) is 0 Å². The lowest BCUT2D eigenvalue weighted by atomic mass is 9.89. The van der Waals surface area contributed by atoms with Crippen molar-refractivity contribution in [3.05, 3.63) is 80.5 Å². The summed E-state index contributed by atoms with van der Waals surface area (Å²) in [5, 5.41) is 0.249. The summed E-state index contributed by atoms with van der Waals surface area (Å²) >= 11 is 0. The molecule has 1 aliphatic heterocycles. The molecule has 30 heavy (non-hydrogen) atoms. The lowest BCUT2D eigenvalue weighted by Gasteiger charge is -2.14. The fourth-order valence-corrected chi connectivity index (χ4v) is 4.27. The number of hydrogen-bond donors (Lipinski definition) is 3. The van der Waals surface area contributed by atoms with Crippen molar-refractivity contribution in [2.75, 3.05) is 19.1 Å². The summed E-state index contributed by atoms with van der Waals surface area (Å²) in [5.74, 6) is -0.276. The van der Waals surface area contributed by atoms with Crippen molar-refractivity contribution in [3.63, 3.8) is 0 Å². The number of ether oxygens (including phenoxy) is 1. The lowest BCUT2D eigenvalue weighted by Crippen LogP contribution is -2.26. The standard InChI is InChI=1S/C22H18N4O4/c1-26-13-9-5-3-7-11(13)15(21(26)28)16-17-19(24-22(29)25-20(17)27)23-18(16)12-8-4-6-10-14(12)30-2/h3-10,15H,1-2H3,(H3,23,24,25,27,29)/t15-/m0/s1. The summed E-state index contributed by atoms with van der Waals surface area (Å²) in [6.45, 7) is 0. The molecule has 1 aliphatic rings. The normalized spacial score (nSPS) is 15.6. The number of nitrogens with one attached hydrogen (secondary N) is 3. The van der Waals surface area contributed by atoms with Crippen LogP contribution in [0.4, 0.5) is 5.69 Å². The van der Waals surface area contributed by atoms with Crippen LogP contribution in [0.25, 0.3) is 22.3 Å². The molecule has 3 heterocycles. The van der Waals surface area contributed by atoms with Crippen molar-refractivity contribution >= 4 is 22.6 Å². The van der Waals surface area contributed by atoms with Gasteiger partial charge in [0, 0.05) is 23.9 Å². The lowest BCUT2D eigenvalue weighted by molar-refractivity contribution is -0.118. The first kappa shape index (κ1) is 18.0. The van der Waals surface area contributed by atoms with E-state index < -0.39 is 17.2 Å². The zero-order valence-corrected chi connectivity index (χ0v) is 16.3. The van der Waals surface area contributed by atoms with Crippen LogP contribution in [0, 0.1) is 0 Å². The van der Waals surface area contributed by atoms with E-state index in [0.29, 0.717) is 22.6 Å². The molecule has 2 aromatic carbocycles. The van der Waals surface area contributed by atoms with Gasteiger partial charge >= 0.3 is 5.69 Å². The molecule has 4 aromatic rings. The summed E-state index contributed by atoms with van der Waals surface area (Å²) in [6.07, 6.45) is 0. The molecular weight excluding hydrogens is 384 g/mol. The first-order valence-corrected chi connectivity index (χ1v) is 9.39. The smallest absolute Gasteiger partial charge is 0.327 e. The van der Waals surface area contributed by atoms with Gasteiger partial charge < -0.3 is 14.6 Å². The number of aromatic nitrogens is 3. The third-order valence-electron chi connectivity index (χ3n) is 5.58. The summed E-state index contributed by atoms with van der Waals surface area (Å²) < 4.78 is 5.51. The highest BCUT2D eigenvalue weighted by molar-refractivity contribution is 6.10. The number of likely N-dealkylation sites (N-methyl/N-ethyl adjacent to an activating group) is 1. The molecule has 0 aliphatic carbocycles. The molecule has 0 fully saturated rings. The van der Waals surface area contributed by atoms with E-state index in [9.17, 15) is 14.4 Å². The minimum absolute atomic E-state index is 0.154. The molecule has 1 amide bonds. The van der Waals surface area contributed by atoms with E-state index in [1.54, 1.807) is 25.1 Å². The van der Waals surface area contributed by atoms with Gasteiger partial charge in [-0.15, -0.1) is 0 Å². The van der Waals surface area contributed by atoms with Crippen molar-refractivity contribution < 1.29 is 9.53 Å². The topological polar surface area (TPSA) is 111 Å². The summed E-state index contributed by atoms with van der Waals surface area (Å²) in [6, 6.07) is 14.8. The van der Waals surface area contributed by atoms with Crippen LogP contribution in [-0.2, 0) is 4.79 Å². The zero-order chi connectivity index (χ0) is 21.0. The summed E-state index contributed by atoms with van der Waals surface area (Å²) in [7, 11) is 3.27. The molecular formula is C22H18N4O4. The molecule has 0 saturated heterocycles. The maximum Gasteiger partial charge on any atom is 0.327 e. The maximum absolute atomic E-state index is 13.3. The van der Waals surface area contributed by atoms with Gasteiger partial charge in [0.1, 0.15) is 11.4 Å². The maximum atomic E-state index is 13.3. The number of anilines is 1. The van der Waals surface area contributed by atoms with Crippen LogP contribution in [0.5, 0.6) is 5.75 Å². The van der Waals surface area contributed by atoms with Gasteiger partial charge in [-0.25, -0.2) is 4.79 Å². The molecule has 1 atom stereocenters. The van der Waals surface area contributed by atoms with Gasteiger partial charge in [-0.05, 0) is 23.8 Å². The third kappa shape index (κ3) is 2.43. The Morgan fingerprint density at radius 1 is 0.933 bits per heavy atom. The zero-order valence-electron chi connectivity index (χ0n) is 16.3. The summed E-state index contributed by atoms with van der Waals surface area (Å²) in [4.78, 5) is 47.7. The van der Waals surface area contributed by atoms with Crippen LogP contribution >= 0.6 is 0 Å². The van der Waals surface area contributed by atoms with Crippen molar-refractivity contribution in [1.29, 1.82) is 0 Å². The third-order valence-corrected chi connectivity index (χ3v) is 5.58. The molecule has 0 radical (unpaired) electrons. The Kier molecular flexibility index (Phi) is 3.89. The summed E-state index contributed by atoms with van der Waals surface area (Å²) in [5.41, 5.74) is 2.42. The largest absolute Gasteiger partial charge is 0.496 e. The van der Waals surface area contributed by atoms with Crippen LogP contribution in [0.3, 0.4) is 0 Å². The van der Waals surface area contributed by atoms with Crippen LogP contribution in [0.2, 0.25) is 0 Å². The highest BCUT2D eigenvalue weighted by atomic mass is 16.5. The number of para-hydroxylation sites is 2. The number of benzene rings is 2. The van der Waals surface area contributed by atoms with Crippen LogP contribution < -0.4 is 20.9 Å². The van der Waals surface area contributed by atoms with Gasteiger partial charge in [0.2, 0.25) is 5.91 Å². The van der Waals surface area contributed by atoms with Gasteiger partial charge in [-0.2, -0.15) is 0 Å². The second-order valence-electron chi connectivity index (χ2n) is 7.16. The Balaban J connectivity index is 1.92. The fourth-order valence-electron chi connectivity index (χ4n) is 4.27. The van der Waals surface area contributed by atoms with Crippen molar-refractivity contribution in [2.45, 2.75) is 5.92 Å². The number of aromatic amines is 3. The molecule has 3 N–H and O–H groups in total. The number of H-pyrrole nitrogens is 3. The number of carbonyl (C=O) groups is 1.